The molecule has 0 atom stereocenters. The second-order valence-corrected chi connectivity index (χ2v) is 6.48. The standard InChI is InChI=1S/C14H22O2S/c1-13(2,3)15-10-8-7-9-11(12(10)17)16-14(4,5)6/h7-9,17H,1-6H3. The molecule has 3 heteroatoms. The molecule has 0 fully saturated rings. The summed E-state index contributed by atoms with van der Waals surface area (Å²) >= 11 is 4.49. The Hall–Kier alpha value is -0.830. The summed E-state index contributed by atoms with van der Waals surface area (Å²) in [6.45, 7) is 12.1. The Bertz CT molecular complexity index is 352. The lowest BCUT2D eigenvalue weighted by molar-refractivity contribution is 0.113. The highest BCUT2D eigenvalue weighted by Crippen LogP contribution is 2.35. The Morgan fingerprint density at radius 1 is 0.824 bits per heavy atom. The molecule has 0 N–H and O–H groups in total. The van der Waals surface area contributed by atoms with Crippen LogP contribution in [0.3, 0.4) is 0 Å². The minimum absolute atomic E-state index is 0.238. The van der Waals surface area contributed by atoms with Gasteiger partial charge in [-0.15, -0.1) is 12.6 Å². The summed E-state index contributed by atoms with van der Waals surface area (Å²) in [6.07, 6.45) is 0. The molecule has 17 heavy (non-hydrogen) atoms. The molecule has 2 nitrogen and oxygen atoms in total. The van der Waals surface area contributed by atoms with E-state index in [9.17, 15) is 0 Å². The summed E-state index contributed by atoms with van der Waals surface area (Å²) in [5, 5.41) is 0. The van der Waals surface area contributed by atoms with Gasteiger partial charge in [0.2, 0.25) is 0 Å². The first-order chi connectivity index (χ1) is 7.58. The largest absolute Gasteiger partial charge is 0.487 e. The van der Waals surface area contributed by atoms with Crippen LogP contribution in [0.5, 0.6) is 11.5 Å². The molecule has 0 aromatic heterocycles. The second-order valence-electron chi connectivity index (χ2n) is 6.03. The fourth-order valence-electron chi connectivity index (χ4n) is 1.33. The Kier molecular flexibility index (Phi) is 4.03. The monoisotopic (exact) mass is 254 g/mol. The minimum atomic E-state index is -0.238. The average molecular weight is 254 g/mol. The molecule has 1 aromatic carbocycles. The maximum atomic E-state index is 5.83. The molecule has 0 bridgehead atoms. The zero-order valence-corrected chi connectivity index (χ0v) is 12.4. The van der Waals surface area contributed by atoms with Gasteiger partial charge in [0.05, 0.1) is 4.90 Å². The van der Waals surface area contributed by atoms with E-state index in [1.807, 2.05) is 59.7 Å². The smallest absolute Gasteiger partial charge is 0.137 e. The number of thiol groups is 1. The van der Waals surface area contributed by atoms with Gasteiger partial charge in [0, 0.05) is 0 Å². The summed E-state index contributed by atoms with van der Waals surface area (Å²) in [7, 11) is 0. The normalized spacial score (nSPS) is 12.4. The maximum Gasteiger partial charge on any atom is 0.137 e. The Balaban J connectivity index is 3.00. The Labute approximate surface area is 110 Å². The van der Waals surface area contributed by atoms with Gasteiger partial charge in [-0.05, 0) is 53.7 Å². The first kappa shape index (κ1) is 14.2. The topological polar surface area (TPSA) is 18.5 Å². The van der Waals surface area contributed by atoms with Crippen molar-refractivity contribution in [1.82, 2.24) is 0 Å². The summed E-state index contributed by atoms with van der Waals surface area (Å²) in [5.41, 5.74) is -0.477. The Morgan fingerprint density at radius 3 is 1.47 bits per heavy atom. The van der Waals surface area contributed by atoms with Crippen LogP contribution in [0.1, 0.15) is 41.5 Å². The van der Waals surface area contributed by atoms with E-state index in [0.717, 1.165) is 16.4 Å². The van der Waals surface area contributed by atoms with Crippen LogP contribution in [-0.4, -0.2) is 11.2 Å². The van der Waals surface area contributed by atoms with Gasteiger partial charge in [-0.2, -0.15) is 0 Å². The van der Waals surface area contributed by atoms with Crippen molar-refractivity contribution in [2.75, 3.05) is 0 Å². The summed E-state index contributed by atoms with van der Waals surface area (Å²) in [6, 6.07) is 5.73. The van der Waals surface area contributed by atoms with E-state index < -0.39 is 0 Å². The van der Waals surface area contributed by atoms with Crippen LogP contribution in [0.25, 0.3) is 0 Å². The van der Waals surface area contributed by atoms with Crippen LogP contribution >= 0.6 is 12.6 Å². The Morgan fingerprint density at radius 2 is 1.18 bits per heavy atom. The van der Waals surface area contributed by atoms with Crippen molar-refractivity contribution in [3.8, 4) is 11.5 Å². The van der Waals surface area contributed by atoms with E-state index >= 15 is 0 Å². The minimum Gasteiger partial charge on any atom is -0.487 e. The molecule has 0 heterocycles. The van der Waals surface area contributed by atoms with Crippen molar-refractivity contribution in [3.05, 3.63) is 18.2 Å². The third kappa shape index (κ3) is 4.90. The number of hydrogen-bond acceptors (Lipinski definition) is 3. The first-order valence-electron chi connectivity index (χ1n) is 5.78. The lowest BCUT2D eigenvalue weighted by Gasteiger charge is -2.26. The molecule has 0 aliphatic heterocycles. The molecule has 0 amide bonds. The van der Waals surface area contributed by atoms with Gasteiger partial charge in [0.25, 0.3) is 0 Å². The number of ether oxygens (including phenoxy) is 2. The van der Waals surface area contributed by atoms with Gasteiger partial charge >= 0.3 is 0 Å². The van der Waals surface area contributed by atoms with E-state index in [0.29, 0.717) is 0 Å². The first-order valence-corrected chi connectivity index (χ1v) is 6.23. The predicted molar refractivity (Wildman–Crippen MR) is 74.5 cm³/mol. The zero-order chi connectivity index (χ0) is 13.3. The van der Waals surface area contributed by atoms with Crippen molar-refractivity contribution in [1.29, 1.82) is 0 Å². The highest BCUT2D eigenvalue weighted by molar-refractivity contribution is 7.80. The van der Waals surface area contributed by atoms with Gasteiger partial charge in [-0.1, -0.05) is 6.07 Å². The lowest BCUT2D eigenvalue weighted by atomic mass is 10.2. The number of hydrogen-bond donors (Lipinski definition) is 1. The fraction of sp³-hybridized carbons (Fsp3) is 0.571. The van der Waals surface area contributed by atoms with E-state index in [1.165, 1.54) is 0 Å². The SMILES string of the molecule is CC(C)(C)Oc1cccc(OC(C)(C)C)c1S. The van der Waals surface area contributed by atoms with Crippen LogP contribution in [0.4, 0.5) is 0 Å². The van der Waals surface area contributed by atoms with Crippen LogP contribution < -0.4 is 9.47 Å². The molecule has 0 radical (unpaired) electrons. The average Bonchev–Trinajstić information content (AvgIpc) is 2.07. The molecule has 0 saturated carbocycles. The summed E-state index contributed by atoms with van der Waals surface area (Å²) < 4.78 is 11.7. The van der Waals surface area contributed by atoms with Crippen LogP contribution in [0, 0.1) is 0 Å². The number of rotatable bonds is 2. The van der Waals surface area contributed by atoms with E-state index in [4.69, 9.17) is 9.47 Å². The fourth-order valence-corrected chi connectivity index (χ4v) is 1.57. The van der Waals surface area contributed by atoms with Crippen molar-refractivity contribution in [3.63, 3.8) is 0 Å². The molecule has 0 spiro atoms. The molecular weight excluding hydrogens is 232 g/mol. The summed E-state index contributed by atoms with van der Waals surface area (Å²) in [4.78, 5) is 0.748. The molecule has 0 aliphatic carbocycles. The molecule has 1 rings (SSSR count). The molecule has 0 aliphatic rings. The second kappa shape index (κ2) is 4.81. The van der Waals surface area contributed by atoms with Crippen LogP contribution in [-0.2, 0) is 0 Å². The quantitative estimate of drug-likeness (QED) is 0.792. The van der Waals surface area contributed by atoms with Crippen molar-refractivity contribution >= 4 is 12.6 Å². The van der Waals surface area contributed by atoms with E-state index in [-0.39, 0.29) is 11.2 Å². The van der Waals surface area contributed by atoms with Crippen LogP contribution in [0.2, 0.25) is 0 Å². The molecular formula is C14H22O2S. The highest BCUT2D eigenvalue weighted by atomic mass is 32.1. The maximum absolute atomic E-state index is 5.83. The summed E-state index contributed by atoms with van der Waals surface area (Å²) in [5.74, 6) is 1.50. The highest BCUT2D eigenvalue weighted by Gasteiger charge is 2.18. The van der Waals surface area contributed by atoms with E-state index in [2.05, 4.69) is 12.6 Å². The van der Waals surface area contributed by atoms with E-state index in [1.54, 1.807) is 0 Å². The van der Waals surface area contributed by atoms with Gasteiger partial charge in [0.1, 0.15) is 22.7 Å². The molecule has 0 saturated heterocycles. The molecule has 96 valence electrons. The zero-order valence-electron chi connectivity index (χ0n) is 11.5. The van der Waals surface area contributed by atoms with Crippen molar-refractivity contribution < 1.29 is 9.47 Å². The van der Waals surface area contributed by atoms with Gasteiger partial charge in [-0.25, -0.2) is 0 Å². The lowest BCUT2D eigenvalue weighted by Crippen LogP contribution is -2.25. The van der Waals surface area contributed by atoms with Crippen molar-refractivity contribution in [2.24, 2.45) is 0 Å². The number of benzene rings is 1. The third-order valence-corrected chi connectivity index (χ3v) is 2.24. The van der Waals surface area contributed by atoms with Gasteiger partial charge in [0.15, 0.2) is 0 Å². The molecule has 0 unspecified atom stereocenters. The van der Waals surface area contributed by atoms with Gasteiger partial charge in [-0.3, -0.25) is 0 Å². The predicted octanol–water partition coefficient (Wildman–Crippen LogP) is 4.33. The third-order valence-electron chi connectivity index (χ3n) is 1.79. The molecule has 1 aromatic rings. The van der Waals surface area contributed by atoms with Crippen LogP contribution in [0.15, 0.2) is 23.1 Å². The van der Waals surface area contributed by atoms with Crippen molar-refractivity contribution in [2.45, 2.75) is 57.6 Å². The van der Waals surface area contributed by atoms with Gasteiger partial charge < -0.3 is 9.47 Å².